The summed E-state index contributed by atoms with van der Waals surface area (Å²) in [6.07, 6.45) is 5.52. The molecule has 3 aromatic rings. The molecule has 0 N–H and O–H groups in total. The van der Waals surface area contributed by atoms with Crippen molar-refractivity contribution in [3.63, 3.8) is 0 Å². The highest BCUT2D eigenvalue weighted by molar-refractivity contribution is 7.07. The quantitative estimate of drug-likeness (QED) is 0.720. The monoisotopic (exact) mass is 323 g/mol. The second-order valence-corrected chi connectivity index (χ2v) is 6.09. The van der Waals surface area contributed by atoms with Crippen LogP contribution in [0.1, 0.15) is 16.8 Å². The van der Waals surface area contributed by atoms with Crippen molar-refractivity contribution in [2.45, 2.75) is 19.9 Å². The van der Waals surface area contributed by atoms with E-state index in [4.69, 9.17) is 0 Å². The van der Waals surface area contributed by atoms with Crippen molar-refractivity contribution in [1.82, 2.24) is 9.97 Å². The average molecular weight is 323 g/mol. The zero-order valence-electron chi connectivity index (χ0n) is 12.8. The maximum absolute atomic E-state index is 12.8. The molecule has 0 saturated carbocycles. The molecule has 4 nitrogen and oxygen atoms in total. The van der Waals surface area contributed by atoms with Gasteiger partial charge in [-0.1, -0.05) is 6.07 Å². The van der Waals surface area contributed by atoms with E-state index in [1.165, 1.54) is 0 Å². The number of nitrogens with zero attached hydrogens (tertiary/aromatic N) is 3. The summed E-state index contributed by atoms with van der Waals surface area (Å²) in [5, 5.41) is 4.08. The van der Waals surface area contributed by atoms with E-state index in [9.17, 15) is 4.79 Å². The highest BCUT2D eigenvalue weighted by Crippen LogP contribution is 2.19. The van der Waals surface area contributed by atoms with Gasteiger partial charge in [0.2, 0.25) is 5.91 Å². The van der Waals surface area contributed by atoms with Gasteiger partial charge >= 0.3 is 0 Å². The topological polar surface area (TPSA) is 46.1 Å². The Hall–Kier alpha value is -2.53. The van der Waals surface area contributed by atoms with E-state index < -0.39 is 0 Å². The van der Waals surface area contributed by atoms with Gasteiger partial charge in [-0.2, -0.15) is 11.3 Å². The van der Waals surface area contributed by atoms with Crippen molar-refractivity contribution in [3.05, 3.63) is 76.5 Å². The summed E-state index contributed by atoms with van der Waals surface area (Å²) in [7, 11) is 0. The number of pyridine rings is 2. The van der Waals surface area contributed by atoms with E-state index in [0.29, 0.717) is 13.0 Å². The number of rotatable bonds is 5. The number of aromatic nitrogens is 2. The van der Waals surface area contributed by atoms with Gasteiger partial charge in [0.05, 0.1) is 24.8 Å². The number of carbonyl (C=O) groups is 1. The Morgan fingerprint density at radius 1 is 1.17 bits per heavy atom. The van der Waals surface area contributed by atoms with Crippen LogP contribution in [0.5, 0.6) is 0 Å². The zero-order chi connectivity index (χ0) is 16.1. The van der Waals surface area contributed by atoms with E-state index in [1.807, 2.05) is 42.6 Å². The lowest BCUT2D eigenvalue weighted by Gasteiger charge is -2.22. The zero-order valence-corrected chi connectivity index (χ0v) is 13.7. The first-order valence-electron chi connectivity index (χ1n) is 7.35. The van der Waals surface area contributed by atoms with Crippen LogP contribution in [-0.2, 0) is 17.8 Å². The number of carbonyl (C=O) groups excluding carboxylic acids is 1. The van der Waals surface area contributed by atoms with Crippen molar-refractivity contribution in [2.24, 2.45) is 0 Å². The highest BCUT2D eigenvalue weighted by Gasteiger charge is 2.17. The van der Waals surface area contributed by atoms with Crippen molar-refractivity contribution >= 4 is 22.9 Å². The van der Waals surface area contributed by atoms with Crippen LogP contribution in [0.4, 0.5) is 5.69 Å². The van der Waals surface area contributed by atoms with Gasteiger partial charge in [0.15, 0.2) is 0 Å². The summed E-state index contributed by atoms with van der Waals surface area (Å²) >= 11 is 1.63. The molecule has 0 aliphatic heterocycles. The van der Waals surface area contributed by atoms with Gasteiger partial charge in [0.1, 0.15) is 0 Å². The van der Waals surface area contributed by atoms with E-state index in [2.05, 4.69) is 15.3 Å². The lowest BCUT2D eigenvalue weighted by molar-refractivity contribution is -0.118. The largest absolute Gasteiger partial charge is 0.306 e. The molecular weight excluding hydrogens is 306 g/mol. The van der Waals surface area contributed by atoms with Gasteiger partial charge in [-0.05, 0) is 53.1 Å². The first kappa shape index (κ1) is 15.4. The van der Waals surface area contributed by atoms with Crippen LogP contribution in [0, 0.1) is 6.92 Å². The summed E-state index contributed by atoms with van der Waals surface area (Å²) in [5.41, 5.74) is 3.79. The Labute approximate surface area is 139 Å². The van der Waals surface area contributed by atoms with Crippen LogP contribution < -0.4 is 4.90 Å². The van der Waals surface area contributed by atoms with Crippen molar-refractivity contribution in [2.75, 3.05) is 4.90 Å². The Morgan fingerprint density at radius 2 is 2.09 bits per heavy atom. The predicted molar refractivity (Wildman–Crippen MR) is 92.4 cm³/mol. The molecule has 0 radical (unpaired) electrons. The lowest BCUT2D eigenvalue weighted by Crippen LogP contribution is -2.31. The third-order valence-electron chi connectivity index (χ3n) is 3.51. The molecule has 3 aromatic heterocycles. The molecule has 3 heterocycles. The van der Waals surface area contributed by atoms with Crippen molar-refractivity contribution in [3.8, 4) is 0 Å². The molecular formula is C18H17N3OS. The van der Waals surface area contributed by atoms with Crippen LogP contribution >= 0.6 is 11.3 Å². The molecule has 3 rings (SSSR count). The Bertz CT molecular complexity index is 755. The van der Waals surface area contributed by atoms with E-state index in [1.54, 1.807) is 34.8 Å². The Morgan fingerprint density at radius 3 is 2.74 bits per heavy atom. The molecule has 116 valence electrons. The fourth-order valence-corrected chi connectivity index (χ4v) is 2.93. The van der Waals surface area contributed by atoms with Crippen LogP contribution in [0.3, 0.4) is 0 Å². The molecule has 0 saturated heterocycles. The van der Waals surface area contributed by atoms with Crippen LogP contribution in [0.2, 0.25) is 0 Å². The second kappa shape index (κ2) is 7.15. The van der Waals surface area contributed by atoms with Gasteiger partial charge < -0.3 is 4.90 Å². The minimum Gasteiger partial charge on any atom is -0.306 e. The SMILES string of the molecule is Cc1ccc(CC(=O)N(Cc2ccsc2)c2cccnc2)cn1. The fourth-order valence-electron chi connectivity index (χ4n) is 2.28. The number of amides is 1. The summed E-state index contributed by atoms with van der Waals surface area (Å²) in [5.74, 6) is 0.0369. The molecule has 0 spiro atoms. The number of thiophene rings is 1. The predicted octanol–water partition coefficient (Wildman–Crippen LogP) is 3.62. The molecule has 0 fully saturated rings. The molecule has 0 bridgehead atoms. The smallest absolute Gasteiger partial charge is 0.231 e. The molecule has 5 heteroatoms. The maximum Gasteiger partial charge on any atom is 0.231 e. The number of hydrogen-bond acceptors (Lipinski definition) is 4. The summed E-state index contributed by atoms with van der Waals surface area (Å²) in [6, 6.07) is 9.66. The molecule has 0 atom stereocenters. The molecule has 0 unspecified atom stereocenters. The van der Waals surface area contributed by atoms with Crippen molar-refractivity contribution < 1.29 is 4.79 Å². The van der Waals surface area contributed by atoms with Crippen LogP contribution in [0.25, 0.3) is 0 Å². The van der Waals surface area contributed by atoms with Crippen molar-refractivity contribution in [1.29, 1.82) is 0 Å². The summed E-state index contributed by atoms with van der Waals surface area (Å²) < 4.78 is 0. The summed E-state index contributed by atoms with van der Waals surface area (Å²) in [4.78, 5) is 23.0. The van der Waals surface area contributed by atoms with Crippen LogP contribution in [0.15, 0.2) is 59.7 Å². The standard InChI is InChI=1S/C18H17N3OS/c1-14-4-5-15(10-20-14)9-18(22)21(12-16-6-8-23-13-16)17-3-2-7-19-11-17/h2-8,10-11,13H,9,12H2,1H3. The molecule has 0 aliphatic rings. The Balaban J connectivity index is 1.82. The van der Waals surface area contributed by atoms with Gasteiger partial charge in [-0.15, -0.1) is 0 Å². The molecule has 1 amide bonds. The molecule has 0 aromatic carbocycles. The second-order valence-electron chi connectivity index (χ2n) is 5.31. The third-order valence-corrected chi connectivity index (χ3v) is 4.24. The third kappa shape index (κ3) is 4.02. The molecule has 0 aliphatic carbocycles. The van der Waals surface area contributed by atoms with E-state index in [0.717, 1.165) is 22.5 Å². The van der Waals surface area contributed by atoms with Gasteiger partial charge in [0, 0.05) is 18.1 Å². The van der Waals surface area contributed by atoms with Gasteiger partial charge in [-0.3, -0.25) is 14.8 Å². The summed E-state index contributed by atoms with van der Waals surface area (Å²) in [6.45, 7) is 2.48. The van der Waals surface area contributed by atoms with E-state index >= 15 is 0 Å². The minimum absolute atomic E-state index is 0.0369. The highest BCUT2D eigenvalue weighted by atomic mass is 32.1. The maximum atomic E-state index is 12.8. The van der Waals surface area contributed by atoms with Crippen LogP contribution in [-0.4, -0.2) is 15.9 Å². The van der Waals surface area contributed by atoms with E-state index in [-0.39, 0.29) is 5.91 Å². The lowest BCUT2D eigenvalue weighted by atomic mass is 10.1. The average Bonchev–Trinajstić information content (AvgIpc) is 3.09. The first-order chi connectivity index (χ1) is 11.2. The fraction of sp³-hybridized carbons (Fsp3) is 0.167. The number of aryl methyl sites for hydroxylation is 1. The Kier molecular flexibility index (Phi) is 4.78. The van der Waals surface area contributed by atoms with Gasteiger partial charge in [-0.25, -0.2) is 0 Å². The first-order valence-corrected chi connectivity index (χ1v) is 8.29. The number of hydrogen-bond donors (Lipinski definition) is 0. The minimum atomic E-state index is 0.0369. The molecule has 23 heavy (non-hydrogen) atoms. The normalized spacial score (nSPS) is 10.5. The van der Waals surface area contributed by atoms with Gasteiger partial charge in [0.25, 0.3) is 0 Å². The number of anilines is 1.